The molecule has 1 fully saturated rings. The Morgan fingerprint density at radius 2 is 2.29 bits per heavy atom. The van der Waals surface area contributed by atoms with E-state index < -0.39 is 0 Å². The first-order chi connectivity index (χ1) is 10.3. The number of nitrogens with zero attached hydrogens (tertiary/aromatic N) is 2. The molecule has 1 aromatic carbocycles. The Kier molecular flexibility index (Phi) is 4.46. The molecule has 0 radical (unpaired) electrons. The summed E-state index contributed by atoms with van der Waals surface area (Å²) < 4.78 is 8.03. The molecule has 0 bridgehead atoms. The highest BCUT2D eigenvalue weighted by Crippen LogP contribution is 2.28. The molecule has 0 atom stereocenters. The molecule has 2 aromatic rings. The molecule has 0 aliphatic heterocycles. The van der Waals surface area contributed by atoms with Gasteiger partial charge in [-0.2, -0.15) is 0 Å². The average Bonchev–Trinajstić information content (AvgIpc) is 3.20. The van der Waals surface area contributed by atoms with Gasteiger partial charge in [0.1, 0.15) is 18.2 Å². The van der Waals surface area contributed by atoms with Crippen molar-refractivity contribution in [3.05, 3.63) is 47.0 Å². The monoisotopic (exact) mass is 305 g/mol. The highest BCUT2D eigenvalue weighted by molar-refractivity contribution is 6.31. The van der Waals surface area contributed by atoms with Gasteiger partial charge in [-0.1, -0.05) is 17.7 Å². The quantitative estimate of drug-likeness (QED) is 0.852. The number of benzene rings is 1. The molecule has 112 valence electrons. The van der Waals surface area contributed by atoms with Crippen molar-refractivity contribution in [3.8, 4) is 5.75 Å². The lowest BCUT2D eigenvalue weighted by Gasteiger charge is -2.14. The van der Waals surface area contributed by atoms with Crippen molar-refractivity contribution in [1.29, 1.82) is 0 Å². The van der Waals surface area contributed by atoms with Crippen LogP contribution in [-0.4, -0.2) is 15.6 Å². The van der Waals surface area contributed by atoms with Crippen LogP contribution in [0.15, 0.2) is 30.6 Å². The number of nitrogens with one attached hydrogen (secondary N) is 1. The van der Waals surface area contributed by atoms with Gasteiger partial charge in [0, 0.05) is 42.1 Å². The van der Waals surface area contributed by atoms with E-state index in [4.69, 9.17) is 16.3 Å². The van der Waals surface area contributed by atoms with E-state index in [1.165, 1.54) is 12.8 Å². The highest BCUT2D eigenvalue weighted by atomic mass is 35.5. The van der Waals surface area contributed by atoms with Gasteiger partial charge in [-0.3, -0.25) is 0 Å². The number of aryl methyl sites for hydroxylation is 1. The van der Waals surface area contributed by atoms with Gasteiger partial charge in [-0.15, -0.1) is 0 Å². The number of ether oxygens (including phenoxy) is 1. The van der Waals surface area contributed by atoms with Crippen LogP contribution in [0.5, 0.6) is 5.75 Å². The van der Waals surface area contributed by atoms with Crippen LogP contribution >= 0.6 is 11.6 Å². The smallest absolute Gasteiger partial charge is 0.146 e. The predicted octanol–water partition coefficient (Wildman–Crippen LogP) is 3.39. The van der Waals surface area contributed by atoms with Crippen LogP contribution in [0.4, 0.5) is 0 Å². The normalized spacial score (nSPS) is 14.4. The van der Waals surface area contributed by atoms with Crippen molar-refractivity contribution in [2.24, 2.45) is 0 Å². The molecule has 1 aliphatic carbocycles. The summed E-state index contributed by atoms with van der Waals surface area (Å²) in [5.41, 5.74) is 1.03. The third-order valence-electron chi connectivity index (χ3n) is 3.72. The maximum absolute atomic E-state index is 6.31. The molecule has 1 saturated carbocycles. The fraction of sp³-hybridized carbons (Fsp3) is 0.438. The van der Waals surface area contributed by atoms with E-state index in [0.717, 1.165) is 35.2 Å². The first kappa shape index (κ1) is 14.4. The third kappa shape index (κ3) is 3.57. The molecule has 1 aromatic heterocycles. The first-order valence-electron chi connectivity index (χ1n) is 7.41. The molecule has 1 aliphatic rings. The second-order valence-electron chi connectivity index (χ2n) is 5.29. The van der Waals surface area contributed by atoms with Crippen LogP contribution in [0.3, 0.4) is 0 Å². The number of aromatic nitrogens is 2. The molecule has 1 N–H and O–H groups in total. The maximum atomic E-state index is 6.31. The molecule has 0 saturated heterocycles. The zero-order valence-electron chi connectivity index (χ0n) is 12.2. The van der Waals surface area contributed by atoms with Crippen molar-refractivity contribution in [1.82, 2.24) is 14.9 Å². The van der Waals surface area contributed by atoms with Gasteiger partial charge in [0.25, 0.3) is 0 Å². The zero-order chi connectivity index (χ0) is 14.7. The van der Waals surface area contributed by atoms with Gasteiger partial charge < -0.3 is 14.6 Å². The highest BCUT2D eigenvalue weighted by Gasteiger charge is 2.21. The van der Waals surface area contributed by atoms with E-state index in [0.29, 0.717) is 12.6 Å². The lowest BCUT2D eigenvalue weighted by Crippen LogP contribution is -2.16. The molecule has 0 amide bonds. The molecule has 21 heavy (non-hydrogen) atoms. The summed E-state index contributed by atoms with van der Waals surface area (Å²) in [5.74, 6) is 1.76. The fourth-order valence-corrected chi connectivity index (χ4v) is 2.52. The van der Waals surface area contributed by atoms with Crippen LogP contribution in [0.1, 0.15) is 31.2 Å². The molecule has 1 heterocycles. The van der Waals surface area contributed by atoms with Crippen LogP contribution in [-0.2, 0) is 19.7 Å². The zero-order valence-corrected chi connectivity index (χ0v) is 12.9. The van der Waals surface area contributed by atoms with E-state index in [2.05, 4.69) is 21.8 Å². The van der Waals surface area contributed by atoms with Crippen molar-refractivity contribution < 1.29 is 4.74 Å². The Labute approximate surface area is 130 Å². The number of halogens is 1. The summed E-state index contributed by atoms with van der Waals surface area (Å²) >= 11 is 6.31. The second kappa shape index (κ2) is 6.50. The molecular weight excluding hydrogens is 286 g/mol. The third-order valence-corrected chi connectivity index (χ3v) is 4.07. The van der Waals surface area contributed by atoms with Gasteiger partial charge in [0.05, 0.1) is 0 Å². The van der Waals surface area contributed by atoms with E-state index in [1.807, 2.05) is 24.4 Å². The van der Waals surface area contributed by atoms with Gasteiger partial charge >= 0.3 is 0 Å². The fourth-order valence-electron chi connectivity index (χ4n) is 2.29. The van der Waals surface area contributed by atoms with Gasteiger partial charge in [-0.25, -0.2) is 4.98 Å². The Hall–Kier alpha value is -1.52. The lowest BCUT2D eigenvalue weighted by molar-refractivity contribution is 0.286. The van der Waals surface area contributed by atoms with Gasteiger partial charge in [0.15, 0.2) is 0 Å². The summed E-state index contributed by atoms with van der Waals surface area (Å²) in [6.45, 7) is 4.19. The minimum Gasteiger partial charge on any atom is -0.485 e. The average molecular weight is 306 g/mol. The molecular formula is C16H20ClN3O. The number of imidazole rings is 1. The van der Waals surface area contributed by atoms with Crippen LogP contribution in [0.25, 0.3) is 0 Å². The minimum atomic E-state index is 0.456. The number of hydrogen-bond donors (Lipinski definition) is 1. The first-order valence-corrected chi connectivity index (χ1v) is 7.79. The van der Waals surface area contributed by atoms with E-state index >= 15 is 0 Å². The predicted molar refractivity (Wildman–Crippen MR) is 83.5 cm³/mol. The molecule has 4 nitrogen and oxygen atoms in total. The summed E-state index contributed by atoms with van der Waals surface area (Å²) in [5, 5.41) is 4.23. The molecule has 3 rings (SSSR count). The number of rotatable bonds is 7. The van der Waals surface area contributed by atoms with Crippen LogP contribution < -0.4 is 10.1 Å². The Bertz CT molecular complexity index is 607. The molecule has 0 unspecified atom stereocenters. The van der Waals surface area contributed by atoms with Crippen molar-refractivity contribution in [3.63, 3.8) is 0 Å². The SMILES string of the molecule is CCn1ccnc1COc1cccc(Cl)c1CNC1CC1. The standard InChI is InChI=1S/C16H20ClN3O/c1-2-20-9-8-18-16(20)11-21-15-5-3-4-14(17)13(15)10-19-12-6-7-12/h3-5,8-9,12,19H,2,6-7,10-11H2,1H3. The van der Waals surface area contributed by atoms with E-state index in [1.54, 1.807) is 6.20 Å². The Balaban J connectivity index is 1.70. The van der Waals surface area contributed by atoms with E-state index in [-0.39, 0.29) is 0 Å². The summed E-state index contributed by atoms with van der Waals surface area (Å²) in [4.78, 5) is 4.33. The number of hydrogen-bond acceptors (Lipinski definition) is 3. The van der Waals surface area contributed by atoms with Gasteiger partial charge in [0.2, 0.25) is 0 Å². The molecule has 0 spiro atoms. The maximum Gasteiger partial charge on any atom is 0.146 e. The van der Waals surface area contributed by atoms with Crippen LogP contribution in [0.2, 0.25) is 5.02 Å². The summed E-state index contributed by atoms with van der Waals surface area (Å²) in [6.07, 6.45) is 6.28. The van der Waals surface area contributed by atoms with Crippen LogP contribution in [0, 0.1) is 0 Å². The van der Waals surface area contributed by atoms with Crippen molar-refractivity contribution >= 4 is 11.6 Å². The Morgan fingerprint density at radius 1 is 1.43 bits per heavy atom. The largest absolute Gasteiger partial charge is 0.485 e. The topological polar surface area (TPSA) is 39.1 Å². The van der Waals surface area contributed by atoms with Crippen molar-refractivity contribution in [2.75, 3.05) is 0 Å². The van der Waals surface area contributed by atoms with Gasteiger partial charge in [-0.05, 0) is 31.9 Å². The summed E-state index contributed by atoms with van der Waals surface area (Å²) in [7, 11) is 0. The van der Waals surface area contributed by atoms with E-state index in [9.17, 15) is 0 Å². The van der Waals surface area contributed by atoms with Crippen molar-refractivity contribution in [2.45, 2.75) is 45.5 Å². The Morgan fingerprint density at radius 3 is 3.05 bits per heavy atom. The summed E-state index contributed by atoms with van der Waals surface area (Å²) in [6, 6.07) is 6.44. The minimum absolute atomic E-state index is 0.456. The second-order valence-corrected chi connectivity index (χ2v) is 5.70. The molecule has 5 heteroatoms. The lowest BCUT2D eigenvalue weighted by atomic mass is 10.2.